The third-order valence-corrected chi connectivity index (χ3v) is 8.79. The summed E-state index contributed by atoms with van der Waals surface area (Å²) in [5, 5.41) is 19.2. The molecule has 0 aliphatic rings. The Hall–Kier alpha value is -6.72. The summed E-state index contributed by atoms with van der Waals surface area (Å²) in [5.74, 6) is -0.123. The second kappa shape index (κ2) is 12.8. The van der Waals surface area contributed by atoms with E-state index in [-0.39, 0.29) is 11.8 Å². The highest BCUT2D eigenvalue weighted by atomic mass is 16.5. The van der Waals surface area contributed by atoms with Crippen LogP contribution >= 0.6 is 0 Å². The van der Waals surface area contributed by atoms with Crippen LogP contribution in [0.4, 0.5) is 17.1 Å². The Morgan fingerprint density at radius 3 is 1.59 bits per heavy atom. The van der Waals surface area contributed by atoms with Crippen molar-refractivity contribution in [2.45, 2.75) is 0 Å². The first-order valence-electron chi connectivity index (χ1n) is 16.2. The van der Waals surface area contributed by atoms with Gasteiger partial charge in [-0.15, -0.1) is 0 Å². The molecule has 0 radical (unpaired) electrons. The van der Waals surface area contributed by atoms with Gasteiger partial charge < -0.3 is 14.2 Å². The highest BCUT2D eigenvalue weighted by Gasteiger charge is 2.16. The Labute approximate surface area is 284 Å². The van der Waals surface area contributed by atoms with Crippen LogP contribution in [0.15, 0.2) is 182 Å². The molecule has 1 heterocycles. The first-order valence-corrected chi connectivity index (χ1v) is 16.2. The predicted octanol–water partition coefficient (Wildman–Crippen LogP) is 11.3. The lowest BCUT2D eigenvalue weighted by Gasteiger charge is -2.26. The Balaban J connectivity index is 1.11. The summed E-state index contributed by atoms with van der Waals surface area (Å²) in [7, 11) is 0. The van der Waals surface area contributed by atoms with E-state index in [0.717, 1.165) is 33.9 Å². The Morgan fingerprint density at radius 2 is 0.918 bits per heavy atom. The maximum absolute atomic E-state index is 8.48. The number of nitrogens with one attached hydrogen (secondary N) is 2. The normalized spacial score (nSPS) is 11.0. The first-order chi connectivity index (χ1) is 24.1. The Morgan fingerprint density at radius 1 is 0.429 bits per heavy atom. The summed E-state index contributed by atoms with van der Waals surface area (Å²) in [4.78, 5) is 2.20. The molecule has 0 saturated carbocycles. The molecule has 8 aromatic rings. The number of para-hydroxylation sites is 3. The summed E-state index contributed by atoms with van der Waals surface area (Å²) in [6.07, 6.45) is 0. The third-order valence-electron chi connectivity index (χ3n) is 8.79. The van der Waals surface area contributed by atoms with Crippen molar-refractivity contribution in [1.82, 2.24) is 4.57 Å². The molecule has 0 atom stereocenters. The standard InChI is InChI=1S/C44H32N4O/c45-43(32-12-4-1-5-13-32)49-44(46)33-22-27-38(28-23-33)47(35-14-6-2-7-15-35)37-25-20-31(21-26-37)34-24-29-42-40(30-34)39-18-10-11-19-41(39)48(42)36-16-8-3-9-17-36/h1-30,45-46H. The number of hydrogen-bond donors (Lipinski definition) is 2. The van der Waals surface area contributed by atoms with Crippen LogP contribution in [0.25, 0.3) is 38.6 Å². The van der Waals surface area contributed by atoms with Crippen molar-refractivity contribution < 1.29 is 4.74 Å². The fourth-order valence-electron chi connectivity index (χ4n) is 6.41. The van der Waals surface area contributed by atoms with Crippen molar-refractivity contribution in [3.63, 3.8) is 0 Å². The number of anilines is 3. The molecule has 0 unspecified atom stereocenters. The van der Waals surface area contributed by atoms with Crippen LogP contribution in [0.3, 0.4) is 0 Å². The van der Waals surface area contributed by atoms with Gasteiger partial charge in [-0.25, -0.2) is 0 Å². The topological polar surface area (TPSA) is 65.1 Å². The van der Waals surface area contributed by atoms with Crippen molar-refractivity contribution in [2.75, 3.05) is 4.90 Å². The molecule has 234 valence electrons. The molecule has 0 fully saturated rings. The van der Waals surface area contributed by atoms with Crippen LogP contribution in [0, 0.1) is 10.8 Å². The van der Waals surface area contributed by atoms with Gasteiger partial charge in [0.25, 0.3) is 0 Å². The van der Waals surface area contributed by atoms with E-state index in [0.29, 0.717) is 11.1 Å². The second-order valence-corrected chi connectivity index (χ2v) is 11.8. The maximum atomic E-state index is 8.48. The van der Waals surface area contributed by atoms with Crippen LogP contribution in [-0.2, 0) is 4.74 Å². The van der Waals surface area contributed by atoms with E-state index in [1.165, 1.54) is 21.8 Å². The molecule has 0 spiro atoms. The van der Waals surface area contributed by atoms with Crippen molar-refractivity contribution in [2.24, 2.45) is 0 Å². The Bertz CT molecular complexity index is 2420. The number of rotatable bonds is 7. The van der Waals surface area contributed by atoms with Crippen molar-refractivity contribution in [3.05, 3.63) is 193 Å². The zero-order valence-electron chi connectivity index (χ0n) is 26.6. The lowest BCUT2D eigenvalue weighted by molar-refractivity contribution is 0.538. The van der Waals surface area contributed by atoms with Gasteiger partial charge in [0, 0.05) is 44.6 Å². The van der Waals surface area contributed by atoms with E-state index in [4.69, 9.17) is 15.6 Å². The minimum Gasteiger partial charge on any atom is -0.421 e. The summed E-state index contributed by atoms with van der Waals surface area (Å²) < 4.78 is 7.91. The van der Waals surface area contributed by atoms with Gasteiger partial charge in [-0.1, -0.05) is 91.0 Å². The largest absolute Gasteiger partial charge is 0.421 e. The van der Waals surface area contributed by atoms with Gasteiger partial charge in [0.1, 0.15) is 0 Å². The van der Waals surface area contributed by atoms with Gasteiger partial charge in [-0.05, 0) is 102 Å². The van der Waals surface area contributed by atoms with Crippen LogP contribution in [0.2, 0.25) is 0 Å². The summed E-state index contributed by atoms with van der Waals surface area (Å²) in [6, 6.07) is 61.6. The molecule has 49 heavy (non-hydrogen) atoms. The van der Waals surface area contributed by atoms with Gasteiger partial charge >= 0.3 is 0 Å². The summed E-state index contributed by atoms with van der Waals surface area (Å²) >= 11 is 0. The molecular weight excluding hydrogens is 601 g/mol. The average Bonchev–Trinajstić information content (AvgIpc) is 3.50. The number of aromatic nitrogens is 1. The molecule has 0 amide bonds. The summed E-state index contributed by atoms with van der Waals surface area (Å²) in [5.41, 5.74) is 10.0. The van der Waals surface area contributed by atoms with Crippen molar-refractivity contribution in [1.29, 1.82) is 10.8 Å². The number of benzene rings is 7. The molecule has 0 saturated heterocycles. The highest BCUT2D eigenvalue weighted by molar-refractivity contribution is 6.10. The SMILES string of the molecule is N=C(OC(=N)c1ccc(N(c2ccccc2)c2ccc(-c3ccc4c(c3)c3ccccc3n4-c3ccccc3)cc2)cc1)c1ccccc1. The monoisotopic (exact) mass is 632 g/mol. The zero-order chi connectivity index (χ0) is 33.2. The van der Waals surface area contributed by atoms with E-state index in [2.05, 4.69) is 119 Å². The minimum absolute atomic E-state index is 0.0539. The lowest BCUT2D eigenvalue weighted by atomic mass is 10.0. The molecule has 1 aromatic heterocycles. The number of ether oxygens (including phenoxy) is 1. The van der Waals surface area contributed by atoms with E-state index in [1.807, 2.05) is 60.7 Å². The van der Waals surface area contributed by atoms with Crippen LogP contribution < -0.4 is 4.90 Å². The van der Waals surface area contributed by atoms with E-state index < -0.39 is 0 Å². The number of nitrogens with zero attached hydrogens (tertiary/aromatic N) is 2. The van der Waals surface area contributed by atoms with Gasteiger partial charge in [0.15, 0.2) is 0 Å². The fraction of sp³-hybridized carbons (Fsp3) is 0. The fourth-order valence-corrected chi connectivity index (χ4v) is 6.41. The van der Waals surface area contributed by atoms with Gasteiger partial charge in [0.2, 0.25) is 11.8 Å². The van der Waals surface area contributed by atoms with Crippen molar-refractivity contribution in [3.8, 4) is 16.8 Å². The van der Waals surface area contributed by atoms with E-state index in [1.54, 1.807) is 12.1 Å². The average molecular weight is 633 g/mol. The van der Waals surface area contributed by atoms with Gasteiger partial charge in [-0.3, -0.25) is 10.8 Å². The minimum atomic E-state index is -0.0696. The molecule has 2 N–H and O–H groups in total. The lowest BCUT2D eigenvalue weighted by Crippen LogP contribution is -2.13. The molecule has 0 aliphatic carbocycles. The highest BCUT2D eigenvalue weighted by Crippen LogP contribution is 2.38. The smallest absolute Gasteiger partial charge is 0.221 e. The third kappa shape index (κ3) is 5.75. The predicted molar refractivity (Wildman–Crippen MR) is 202 cm³/mol. The molecule has 7 aromatic carbocycles. The molecule has 0 aliphatic heterocycles. The van der Waals surface area contributed by atoms with Crippen LogP contribution in [0.5, 0.6) is 0 Å². The van der Waals surface area contributed by atoms with E-state index >= 15 is 0 Å². The number of fused-ring (bicyclic) bond motifs is 3. The first kappa shape index (κ1) is 29.7. The molecule has 0 bridgehead atoms. The van der Waals surface area contributed by atoms with Crippen LogP contribution in [-0.4, -0.2) is 16.4 Å². The van der Waals surface area contributed by atoms with Crippen LogP contribution in [0.1, 0.15) is 11.1 Å². The molecular formula is C44H32N4O. The molecule has 5 nitrogen and oxygen atoms in total. The maximum Gasteiger partial charge on any atom is 0.221 e. The molecule has 8 rings (SSSR count). The van der Waals surface area contributed by atoms with Gasteiger partial charge in [0.05, 0.1) is 11.0 Å². The Kier molecular flexibility index (Phi) is 7.76. The van der Waals surface area contributed by atoms with Crippen molar-refractivity contribution >= 4 is 50.7 Å². The molecule has 5 heteroatoms. The zero-order valence-corrected chi connectivity index (χ0v) is 26.6. The van der Waals surface area contributed by atoms with Gasteiger partial charge in [-0.2, -0.15) is 0 Å². The number of hydrogen-bond acceptors (Lipinski definition) is 4. The van der Waals surface area contributed by atoms with E-state index in [9.17, 15) is 0 Å². The quantitative estimate of drug-likeness (QED) is 0.136. The summed E-state index contributed by atoms with van der Waals surface area (Å²) in [6.45, 7) is 0. The second-order valence-electron chi connectivity index (χ2n) is 11.8.